The molecule has 2 heterocycles. The van der Waals surface area contributed by atoms with Gasteiger partial charge in [-0.3, -0.25) is 4.90 Å². The van der Waals surface area contributed by atoms with E-state index in [0.29, 0.717) is 0 Å². The first-order valence-electron chi connectivity index (χ1n) is 7.61. The lowest BCUT2D eigenvalue weighted by Crippen LogP contribution is -2.39. The van der Waals surface area contributed by atoms with Crippen LogP contribution in [0.1, 0.15) is 19.4 Å². The van der Waals surface area contributed by atoms with Gasteiger partial charge in [0.25, 0.3) is 0 Å². The van der Waals surface area contributed by atoms with E-state index in [1.54, 1.807) is 0 Å². The first-order chi connectivity index (χ1) is 9.15. The molecule has 2 saturated heterocycles. The Hall–Kier alpha value is -0.860. The maximum atomic E-state index is 2.74. The van der Waals surface area contributed by atoms with Crippen LogP contribution in [0.3, 0.4) is 0 Å². The molecular weight excluding hydrogens is 232 g/mol. The molecule has 0 bridgehead atoms. The van der Waals surface area contributed by atoms with E-state index in [1.807, 2.05) is 0 Å². The fraction of sp³-hybridized carbons (Fsp3) is 0.647. The molecule has 3 atom stereocenters. The number of likely N-dealkylation sites (tertiary alicyclic amines) is 2. The first kappa shape index (κ1) is 13.1. The van der Waals surface area contributed by atoms with Crippen LogP contribution >= 0.6 is 0 Å². The second-order valence-corrected chi connectivity index (χ2v) is 6.79. The Morgan fingerprint density at radius 3 is 2.53 bits per heavy atom. The second kappa shape index (κ2) is 5.26. The van der Waals surface area contributed by atoms with E-state index in [9.17, 15) is 0 Å². The highest BCUT2D eigenvalue weighted by molar-refractivity contribution is 5.15. The molecule has 2 aliphatic heterocycles. The predicted octanol–water partition coefficient (Wildman–Crippen LogP) is 2.70. The van der Waals surface area contributed by atoms with Gasteiger partial charge < -0.3 is 4.90 Å². The van der Waals surface area contributed by atoms with Crippen molar-refractivity contribution in [3.63, 3.8) is 0 Å². The number of nitrogens with zero attached hydrogens (tertiary/aromatic N) is 2. The molecule has 0 saturated carbocycles. The summed E-state index contributed by atoms with van der Waals surface area (Å²) in [5, 5.41) is 0. The number of hydrogen-bond acceptors (Lipinski definition) is 2. The molecule has 3 rings (SSSR count). The number of fused-ring (bicyclic) bond motifs is 1. The highest BCUT2D eigenvalue weighted by Gasteiger charge is 2.46. The van der Waals surface area contributed by atoms with Gasteiger partial charge in [0.15, 0.2) is 0 Å². The monoisotopic (exact) mass is 258 g/mol. The Balaban J connectivity index is 1.75. The van der Waals surface area contributed by atoms with Crippen molar-refractivity contribution in [3.05, 3.63) is 35.9 Å². The van der Waals surface area contributed by atoms with E-state index >= 15 is 0 Å². The van der Waals surface area contributed by atoms with Crippen LogP contribution in [0.2, 0.25) is 0 Å². The summed E-state index contributed by atoms with van der Waals surface area (Å²) in [6.45, 7) is 9.78. The summed E-state index contributed by atoms with van der Waals surface area (Å²) < 4.78 is 0. The third kappa shape index (κ3) is 2.56. The van der Waals surface area contributed by atoms with Gasteiger partial charge in [-0.25, -0.2) is 0 Å². The van der Waals surface area contributed by atoms with Crippen LogP contribution in [0.15, 0.2) is 30.3 Å². The van der Waals surface area contributed by atoms with Crippen LogP contribution in [0.4, 0.5) is 0 Å². The standard InChI is InChI=1S/C17H26N2/c1-13(2)17-16-12-18(3)10-15(16)11-19(17)9-14-7-5-4-6-8-14/h4-8,13,15-17H,9-12H2,1-3H3/t15-,16+,17-/m1/s1. The van der Waals surface area contributed by atoms with Gasteiger partial charge in [0.2, 0.25) is 0 Å². The maximum Gasteiger partial charge on any atom is 0.0237 e. The van der Waals surface area contributed by atoms with Crippen LogP contribution < -0.4 is 0 Å². The van der Waals surface area contributed by atoms with Crippen molar-refractivity contribution in [3.8, 4) is 0 Å². The summed E-state index contributed by atoms with van der Waals surface area (Å²) in [6, 6.07) is 11.7. The minimum atomic E-state index is 0.755. The molecule has 0 spiro atoms. The van der Waals surface area contributed by atoms with Crippen LogP contribution in [-0.4, -0.2) is 42.5 Å². The molecule has 0 radical (unpaired) electrons. The normalized spacial score (nSPS) is 32.1. The van der Waals surface area contributed by atoms with Crippen molar-refractivity contribution < 1.29 is 0 Å². The van der Waals surface area contributed by atoms with Crippen molar-refractivity contribution >= 4 is 0 Å². The molecule has 2 nitrogen and oxygen atoms in total. The molecule has 2 heteroatoms. The zero-order chi connectivity index (χ0) is 13.4. The number of benzene rings is 1. The van der Waals surface area contributed by atoms with E-state index < -0.39 is 0 Å². The molecule has 0 amide bonds. The van der Waals surface area contributed by atoms with E-state index in [0.717, 1.165) is 30.3 Å². The highest BCUT2D eigenvalue weighted by Crippen LogP contribution is 2.39. The van der Waals surface area contributed by atoms with Crippen molar-refractivity contribution in [1.29, 1.82) is 0 Å². The SMILES string of the molecule is CC(C)[C@@H]1[C@H]2CN(C)C[C@@H]2CN1Cc1ccccc1. The van der Waals surface area contributed by atoms with Crippen molar-refractivity contribution in [2.45, 2.75) is 26.4 Å². The minimum absolute atomic E-state index is 0.755. The molecule has 2 fully saturated rings. The fourth-order valence-corrected chi connectivity index (χ4v) is 4.30. The van der Waals surface area contributed by atoms with Gasteiger partial charge in [-0.05, 0) is 30.4 Å². The van der Waals surface area contributed by atoms with Crippen LogP contribution in [-0.2, 0) is 6.54 Å². The van der Waals surface area contributed by atoms with E-state index in [1.165, 1.54) is 25.2 Å². The molecule has 2 aliphatic rings. The zero-order valence-electron chi connectivity index (χ0n) is 12.4. The maximum absolute atomic E-state index is 2.74. The summed E-state index contributed by atoms with van der Waals surface area (Å²) in [5.41, 5.74) is 1.46. The van der Waals surface area contributed by atoms with Gasteiger partial charge in [0, 0.05) is 32.2 Å². The summed E-state index contributed by atoms with van der Waals surface area (Å²) in [5.74, 6) is 2.53. The average Bonchev–Trinajstić information content (AvgIpc) is 2.85. The number of rotatable bonds is 3. The lowest BCUT2D eigenvalue weighted by molar-refractivity contribution is 0.156. The second-order valence-electron chi connectivity index (χ2n) is 6.79. The molecule has 1 aromatic carbocycles. The quantitative estimate of drug-likeness (QED) is 0.822. The molecule has 0 N–H and O–H groups in total. The van der Waals surface area contributed by atoms with Crippen molar-refractivity contribution in [1.82, 2.24) is 9.80 Å². The van der Waals surface area contributed by atoms with E-state index in [2.05, 4.69) is 61.0 Å². The average molecular weight is 258 g/mol. The van der Waals surface area contributed by atoms with Crippen molar-refractivity contribution in [2.75, 3.05) is 26.7 Å². The van der Waals surface area contributed by atoms with Gasteiger partial charge in [-0.15, -0.1) is 0 Å². The zero-order valence-corrected chi connectivity index (χ0v) is 12.4. The Morgan fingerprint density at radius 2 is 1.84 bits per heavy atom. The molecule has 1 aromatic rings. The van der Waals surface area contributed by atoms with Gasteiger partial charge in [0.05, 0.1) is 0 Å². The van der Waals surface area contributed by atoms with Gasteiger partial charge in [0.1, 0.15) is 0 Å². The Morgan fingerprint density at radius 1 is 1.11 bits per heavy atom. The smallest absolute Gasteiger partial charge is 0.0237 e. The predicted molar refractivity (Wildman–Crippen MR) is 80.0 cm³/mol. The summed E-state index contributed by atoms with van der Waals surface area (Å²) >= 11 is 0. The fourth-order valence-electron chi connectivity index (χ4n) is 4.30. The molecule has 0 unspecified atom stereocenters. The first-order valence-corrected chi connectivity index (χ1v) is 7.61. The van der Waals surface area contributed by atoms with E-state index in [4.69, 9.17) is 0 Å². The topological polar surface area (TPSA) is 6.48 Å². The third-order valence-electron chi connectivity index (χ3n) is 4.92. The third-order valence-corrected chi connectivity index (χ3v) is 4.92. The molecule has 0 aliphatic carbocycles. The lowest BCUT2D eigenvalue weighted by atomic mass is 9.87. The summed E-state index contributed by atoms with van der Waals surface area (Å²) in [4.78, 5) is 5.26. The van der Waals surface area contributed by atoms with Gasteiger partial charge >= 0.3 is 0 Å². The van der Waals surface area contributed by atoms with Crippen LogP contribution in [0.25, 0.3) is 0 Å². The summed E-state index contributed by atoms with van der Waals surface area (Å²) in [6.07, 6.45) is 0. The Kier molecular flexibility index (Phi) is 3.64. The molecular formula is C17H26N2. The lowest BCUT2D eigenvalue weighted by Gasteiger charge is -2.31. The van der Waals surface area contributed by atoms with E-state index in [-0.39, 0.29) is 0 Å². The summed E-state index contributed by atoms with van der Waals surface area (Å²) in [7, 11) is 2.28. The Labute approximate surface area is 117 Å². The van der Waals surface area contributed by atoms with Crippen molar-refractivity contribution in [2.24, 2.45) is 17.8 Å². The van der Waals surface area contributed by atoms with Gasteiger partial charge in [-0.2, -0.15) is 0 Å². The Bertz CT molecular complexity index is 415. The minimum Gasteiger partial charge on any atom is -0.306 e. The molecule has 19 heavy (non-hydrogen) atoms. The van der Waals surface area contributed by atoms with Crippen LogP contribution in [0.5, 0.6) is 0 Å². The van der Waals surface area contributed by atoms with Crippen LogP contribution in [0, 0.1) is 17.8 Å². The highest BCUT2D eigenvalue weighted by atomic mass is 15.2. The number of hydrogen-bond donors (Lipinski definition) is 0. The van der Waals surface area contributed by atoms with Gasteiger partial charge in [-0.1, -0.05) is 44.2 Å². The molecule has 104 valence electrons. The molecule has 0 aromatic heterocycles. The largest absolute Gasteiger partial charge is 0.306 e.